The Morgan fingerprint density at radius 2 is 1.14 bits per heavy atom. The monoisotopic (exact) mass is 823 g/mol. The fourth-order valence-electron chi connectivity index (χ4n) is 14.1. The van der Waals surface area contributed by atoms with Crippen molar-refractivity contribution in [3.8, 4) is 55.8 Å². The summed E-state index contributed by atoms with van der Waals surface area (Å²) in [4.78, 5) is 4.82. The van der Waals surface area contributed by atoms with Gasteiger partial charge in [0, 0.05) is 33.5 Å². The third kappa shape index (κ3) is 5.06. The van der Waals surface area contributed by atoms with Crippen molar-refractivity contribution in [2.75, 3.05) is 0 Å². The maximum atomic E-state index is 7.09. The molecular formula is C62H49NO. The number of fused-ring (bicyclic) bond motifs is 8. The molecule has 4 bridgehead atoms. The largest absolute Gasteiger partial charge is 0.455 e. The minimum absolute atomic E-state index is 0.0694. The van der Waals surface area contributed by atoms with E-state index in [2.05, 4.69) is 172 Å². The molecule has 5 aliphatic rings. The summed E-state index contributed by atoms with van der Waals surface area (Å²) < 4.78 is 7.09. The van der Waals surface area contributed by atoms with E-state index in [1.165, 1.54) is 109 Å². The Morgan fingerprint density at radius 1 is 0.484 bits per heavy atom. The summed E-state index contributed by atoms with van der Waals surface area (Å²) in [7, 11) is 0. The van der Waals surface area contributed by atoms with Gasteiger partial charge in [-0.1, -0.05) is 147 Å². The molecule has 0 saturated heterocycles. The molecule has 1 spiro atoms. The van der Waals surface area contributed by atoms with E-state index in [1.807, 2.05) is 12.3 Å². The van der Waals surface area contributed by atoms with Crippen LogP contribution in [0.2, 0.25) is 0 Å². The predicted octanol–water partition coefficient (Wildman–Crippen LogP) is 16.8. The standard InChI is InChI=1S/C62H49NO/c1-36(2)39-12-9-13-42(33-39)58-47-14-3-5-16-49(47)59(50-17-6-4-15-48(50)58)51-19-11-22-57-60(51)52-20-10-18-45(61(52)64-57)40-24-26-54-53(34-40)46-25-23-41(56-21-7-8-27-63-56)35-55(46)62(54)43-29-37-28-38(31-43)32-44(62)30-37/h3-27,33-38,43-44H,28-32H2,1-2H3. The first kappa shape index (κ1) is 36.7. The minimum atomic E-state index is 0.0694. The summed E-state index contributed by atoms with van der Waals surface area (Å²) in [6, 6.07) is 61.7. The van der Waals surface area contributed by atoms with Crippen LogP contribution in [0.25, 0.3) is 99.2 Å². The van der Waals surface area contributed by atoms with Crippen LogP contribution in [0.4, 0.5) is 0 Å². The first-order valence-corrected chi connectivity index (χ1v) is 23.7. The Bertz CT molecular complexity index is 3470. The number of hydrogen-bond donors (Lipinski definition) is 0. The summed E-state index contributed by atoms with van der Waals surface area (Å²) in [6.07, 6.45) is 8.82. The first-order chi connectivity index (χ1) is 31.5. The van der Waals surface area contributed by atoms with Crippen molar-refractivity contribution in [3.05, 3.63) is 187 Å². The number of nitrogens with zero attached hydrogens (tertiary/aromatic N) is 1. The summed E-state index contributed by atoms with van der Waals surface area (Å²) in [5.41, 5.74) is 18.9. The normalized spacial score (nSPS) is 21.8. The summed E-state index contributed by atoms with van der Waals surface area (Å²) in [5, 5.41) is 7.38. The molecule has 4 fully saturated rings. The molecule has 308 valence electrons. The highest BCUT2D eigenvalue weighted by atomic mass is 16.3. The molecule has 0 radical (unpaired) electrons. The summed E-state index contributed by atoms with van der Waals surface area (Å²) in [6.45, 7) is 4.56. The highest BCUT2D eigenvalue weighted by Crippen LogP contribution is 2.70. The molecular weight excluding hydrogens is 775 g/mol. The van der Waals surface area contributed by atoms with E-state index in [-0.39, 0.29) is 5.41 Å². The lowest BCUT2D eigenvalue weighted by atomic mass is 9.43. The Kier molecular flexibility index (Phi) is 7.81. The Morgan fingerprint density at radius 3 is 1.86 bits per heavy atom. The molecule has 8 aromatic carbocycles. The smallest absolute Gasteiger partial charge is 0.143 e. The second-order valence-corrected chi connectivity index (χ2v) is 20.0. The Balaban J connectivity index is 0.964. The zero-order chi connectivity index (χ0) is 42.3. The van der Waals surface area contributed by atoms with Crippen LogP contribution in [-0.2, 0) is 5.41 Å². The summed E-state index contributed by atoms with van der Waals surface area (Å²) in [5.74, 6) is 3.62. The van der Waals surface area contributed by atoms with E-state index in [0.717, 1.165) is 39.6 Å². The van der Waals surface area contributed by atoms with E-state index < -0.39 is 0 Å². The van der Waals surface area contributed by atoms with Gasteiger partial charge in [-0.25, -0.2) is 0 Å². The van der Waals surface area contributed by atoms with E-state index in [0.29, 0.717) is 17.8 Å². The van der Waals surface area contributed by atoms with Crippen LogP contribution >= 0.6 is 0 Å². The second-order valence-electron chi connectivity index (χ2n) is 20.0. The van der Waals surface area contributed by atoms with E-state index in [4.69, 9.17) is 9.40 Å². The summed E-state index contributed by atoms with van der Waals surface area (Å²) >= 11 is 0. The van der Waals surface area contributed by atoms with Crippen LogP contribution in [0, 0.1) is 23.7 Å². The fraction of sp³-hybridized carbons (Fsp3) is 0.210. The minimum Gasteiger partial charge on any atom is -0.455 e. The van der Waals surface area contributed by atoms with Gasteiger partial charge >= 0.3 is 0 Å². The van der Waals surface area contributed by atoms with Crippen LogP contribution in [0.15, 0.2) is 174 Å². The van der Waals surface area contributed by atoms with Crippen LogP contribution in [0.1, 0.15) is 68.6 Å². The van der Waals surface area contributed by atoms with Crippen LogP contribution < -0.4 is 0 Å². The average molecular weight is 824 g/mol. The zero-order valence-corrected chi connectivity index (χ0v) is 36.4. The van der Waals surface area contributed by atoms with Gasteiger partial charge in [-0.05, 0) is 169 Å². The number of pyridine rings is 1. The van der Waals surface area contributed by atoms with Crippen LogP contribution in [-0.4, -0.2) is 4.98 Å². The first-order valence-electron chi connectivity index (χ1n) is 23.7. The van der Waals surface area contributed by atoms with Gasteiger partial charge in [0.15, 0.2) is 0 Å². The molecule has 2 aromatic heterocycles. The third-order valence-corrected chi connectivity index (χ3v) is 16.5. The molecule has 0 N–H and O–H groups in total. The molecule has 5 aliphatic carbocycles. The number of furan rings is 1. The number of hydrogen-bond acceptors (Lipinski definition) is 2. The fourth-order valence-corrected chi connectivity index (χ4v) is 14.1. The van der Waals surface area contributed by atoms with Crippen molar-refractivity contribution < 1.29 is 4.42 Å². The topological polar surface area (TPSA) is 26.0 Å². The average Bonchev–Trinajstić information content (AvgIpc) is 3.86. The van der Waals surface area contributed by atoms with Crippen molar-refractivity contribution in [2.24, 2.45) is 23.7 Å². The molecule has 0 aliphatic heterocycles. The van der Waals surface area contributed by atoms with Gasteiger partial charge in [-0.2, -0.15) is 0 Å². The molecule has 0 unspecified atom stereocenters. The van der Waals surface area contributed by atoms with Gasteiger partial charge in [0.25, 0.3) is 0 Å². The molecule has 0 amide bonds. The van der Waals surface area contributed by atoms with Gasteiger partial charge < -0.3 is 4.42 Å². The number of aromatic nitrogens is 1. The highest BCUT2D eigenvalue weighted by molar-refractivity contribution is 6.26. The van der Waals surface area contributed by atoms with E-state index >= 15 is 0 Å². The van der Waals surface area contributed by atoms with Crippen LogP contribution in [0.5, 0.6) is 0 Å². The maximum Gasteiger partial charge on any atom is 0.143 e. The van der Waals surface area contributed by atoms with Gasteiger partial charge in [-0.3, -0.25) is 4.98 Å². The van der Waals surface area contributed by atoms with Crippen LogP contribution in [0.3, 0.4) is 0 Å². The third-order valence-electron chi connectivity index (χ3n) is 16.5. The van der Waals surface area contributed by atoms with E-state index in [1.54, 1.807) is 11.1 Å². The van der Waals surface area contributed by atoms with Gasteiger partial charge in [-0.15, -0.1) is 0 Å². The van der Waals surface area contributed by atoms with Gasteiger partial charge in [0.05, 0.1) is 5.69 Å². The molecule has 2 heteroatoms. The van der Waals surface area contributed by atoms with Crippen molar-refractivity contribution in [1.29, 1.82) is 0 Å². The van der Waals surface area contributed by atoms with Gasteiger partial charge in [0.2, 0.25) is 0 Å². The number of rotatable bonds is 5. The maximum absolute atomic E-state index is 7.09. The highest BCUT2D eigenvalue weighted by Gasteiger charge is 2.61. The molecule has 4 saturated carbocycles. The second kappa shape index (κ2) is 13.6. The van der Waals surface area contributed by atoms with Crippen molar-refractivity contribution >= 4 is 43.5 Å². The predicted molar refractivity (Wildman–Crippen MR) is 266 cm³/mol. The quantitative estimate of drug-likeness (QED) is 0.162. The lowest BCUT2D eigenvalue weighted by Gasteiger charge is -2.61. The van der Waals surface area contributed by atoms with Crippen molar-refractivity contribution in [3.63, 3.8) is 0 Å². The number of para-hydroxylation sites is 1. The molecule has 64 heavy (non-hydrogen) atoms. The lowest BCUT2D eigenvalue weighted by Crippen LogP contribution is -2.55. The molecule has 0 atom stereocenters. The number of benzene rings is 8. The molecule has 2 nitrogen and oxygen atoms in total. The molecule has 15 rings (SSSR count). The Labute approximate surface area is 374 Å². The van der Waals surface area contributed by atoms with Crippen molar-refractivity contribution in [1.82, 2.24) is 4.98 Å². The molecule has 10 aromatic rings. The zero-order valence-electron chi connectivity index (χ0n) is 36.4. The van der Waals surface area contributed by atoms with E-state index in [9.17, 15) is 0 Å². The van der Waals surface area contributed by atoms with Gasteiger partial charge in [0.1, 0.15) is 11.2 Å². The molecule has 2 heterocycles. The van der Waals surface area contributed by atoms with Crippen molar-refractivity contribution in [2.45, 2.75) is 57.3 Å². The lowest BCUT2D eigenvalue weighted by molar-refractivity contribution is -0.0399. The SMILES string of the molecule is CC(C)c1cccc(-c2c3ccccc3c(-c3cccc4oc5c(-c6ccc7c(c6)-c6ccc(-c8ccccn8)cc6C76C7CC8CC(C7)CC6C8)cccc5c34)c3ccccc23)c1. The Hall–Kier alpha value is -6.77.